The number of aromatic nitrogens is 2. The zero-order valence-corrected chi connectivity index (χ0v) is 19.6. The molecule has 2 aliphatic rings. The van der Waals surface area contributed by atoms with Gasteiger partial charge in [-0.25, -0.2) is 9.83 Å². The third kappa shape index (κ3) is 3.61. The Morgan fingerprint density at radius 1 is 1.28 bits per heavy atom. The number of aromatic amines is 1. The number of nitrogens with one attached hydrogen (secondary N) is 2. The number of hydrogen-bond donors (Lipinski definition) is 3. The number of carbonyl (C=O) groups excluding carboxylic acids is 1. The summed E-state index contributed by atoms with van der Waals surface area (Å²) in [4.78, 5) is 24.9. The van der Waals surface area contributed by atoms with Gasteiger partial charge in [0.15, 0.2) is 5.78 Å². The van der Waals surface area contributed by atoms with E-state index in [4.69, 9.17) is 16.0 Å². The van der Waals surface area contributed by atoms with E-state index in [0.29, 0.717) is 45.9 Å². The maximum atomic E-state index is 13.7. The highest BCUT2D eigenvalue weighted by Gasteiger charge is 2.63. The number of ketones is 1. The number of aliphatic hydroxyl groups excluding tert-OH is 1. The van der Waals surface area contributed by atoms with Gasteiger partial charge in [-0.1, -0.05) is 18.2 Å². The Labute approximate surface area is 207 Å². The summed E-state index contributed by atoms with van der Waals surface area (Å²) < 4.78 is 11.6. The van der Waals surface area contributed by atoms with Crippen molar-refractivity contribution in [3.05, 3.63) is 89.0 Å². The Kier molecular flexibility index (Phi) is 5.25. The molecule has 1 unspecified atom stereocenters. The Hall–Kier alpha value is -4.19. The van der Waals surface area contributed by atoms with E-state index < -0.39 is 0 Å². The van der Waals surface area contributed by atoms with Crippen molar-refractivity contribution in [2.24, 2.45) is 5.92 Å². The van der Waals surface area contributed by atoms with Crippen molar-refractivity contribution in [3.8, 4) is 11.5 Å². The predicted octanol–water partition coefficient (Wildman–Crippen LogP) is 5.01. The molecule has 8 heteroatoms. The van der Waals surface area contributed by atoms with Gasteiger partial charge >= 0.3 is 0 Å². The molecule has 1 saturated heterocycles. The minimum absolute atomic E-state index is 0.0350. The van der Waals surface area contributed by atoms with E-state index in [0.717, 1.165) is 17.7 Å². The highest BCUT2D eigenvalue weighted by atomic mass is 16.5. The van der Waals surface area contributed by atoms with Crippen molar-refractivity contribution >= 4 is 28.2 Å². The summed E-state index contributed by atoms with van der Waals surface area (Å²) in [6.07, 6.45) is 3.79. The number of aryl methyl sites for hydroxylation is 1. The van der Waals surface area contributed by atoms with E-state index >= 15 is 0 Å². The third-order valence-electron chi connectivity index (χ3n) is 7.16. The predicted molar refractivity (Wildman–Crippen MR) is 135 cm³/mol. The lowest BCUT2D eigenvalue weighted by atomic mass is 9.98. The summed E-state index contributed by atoms with van der Waals surface area (Å²) in [7, 11) is 0. The molecule has 2 aromatic carbocycles. The van der Waals surface area contributed by atoms with E-state index in [1.165, 1.54) is 6.20 Å². The van der Waals surface area contributed by atoms with Gasteiger partial charge in [0.1, 0.15) is 17.1 Å². The summed E-state index contributed by atoms with van der Waals surface area (Å²) >= 11 is 0. The van der Waals surface area contributed by atoms with Gasteiger partial charge in [-0.05, 0) is 49.2 Å². The van der Waals surface area contributed by atoms with Gasteiger partial charge in [0.05, 0.1) is 42.7 Å². The van der Waals surface area contributed by atoms with Gasteiger partial charge in [-0.15, -0.1) is 0 Å². The molecule has 3 N–H and O–H groups in total. The Morgan fingerprint density at radius 2 is 2.11 bits per heavy atom. The molecular weight excluding hydrogens is 456 g/mol. The first-order chi connectivity index (χ1) is 17.5. The summed E-state index contributed by atoms with van der Waals surface area (Å²) in [6.45, 7) is 9.98. The van der Waals surface area contributed by atoms with Gasteiger partial charge < -0.3 is 24.9 Å². The highest BCUT2D eigenvalue weighted by Crippen LogP contribution is 2.55. The van der Waals surface area contributed by atoms with Crippen LogP contribution in [0.1, 0.15) is 27.9 Å². The smallest absolute Gasteiger partial charge is 0.228 e. The Morgan fingerprint density at radius 3 is 2.81 bits per heavy atom. The molecule has 3 atom stereocenters. The van der Waals surface area contributed by atoms with E-state index in [1.807, 2.05) is 43.3 Å². The number of nitrogens with zero attached hydrogens (tertiary/aromatic N) is 2. The molecule has 2 aromatic heterocycles. The average Bonchev–Trinajstić information content (AvgIpc) is 3.25. The molecule has 0 radical (unpaired) electrons. The molecule has 2 fully saturated rings. The molecule has 180 valence electrons. The minimum Gasteiger partial charge on any atom is -0.457 e. The van der Waals surface area contributed by atoms with Crippen LogP contribution in [-0.4, -0.2) is 45.7 Å². The molecular formula is C28H24N4O4. The largest absolute Gasteiger partial charge is 0.457 e. The first-order valence-corrected chi connectivity index (χ1v) is 11.8. The first-order valence-electron chi connectivity index (χ1n) is 11.8. The normalized spacial score (nSPS) is 22.1. The molecule has 1 aliphatic carbocycles. The van der Waals surface area contributed by atoms with Crippen molar-refractivity contribution in [2.45, 2.75) is 25.0 Å². The topological polar surface area (TPSA) is 101 Å². The number of aliphatic hydroxyl groups is 1. The summed E-state index contributed by atoms with van der Waals surface area (Å²) in [5.74, 6) is 1.37. The molecule has 36 heavy (non-hydrogen) atoms. The number of fused-ring (bicyclic) bond motifs is 2. The van der Waals surface area contributed by atoms with Crippen LogP contribution < -0.4 is 10.1 Å². The maximum absolute atomic E-state index is 13.7. The van der Waals surface area contributed by atoms with E-state index in [9.17, 15) is 9.90 Å². The fraction of sp³-hybridized carbons (Fsp3) is 0.250. The number of carbonyl (C=O) groups is 1. The lowest BCUT2D eigenvalue weighted by molar-refractivity contribution is 0.0337. The quantitative estimate of drug-likeness (QED) is 0.254. The van der Waals surface area contributed by atoms with Crippen LogP contribution in [0.4, 0.5) is 11.4 Å². The van der Waals surface area contributed by atoms with Crippen LogP contribution >= 0.6 is 0 Å². The first kappa shape index (κ1) is 22.3. The maximum Gasteiger partial charge on any atom is 0.228 e. The number of para-hydroxylation sites is 1. The lowest BCUT2D eigenvalue weighted by Crippen LogP contribution is -2.25. The molecule has 4 aromatic rings. The molecule has 8 nitrogen and oxygen atoms in total. The lowest BCUT2D eigenvalue weighted by Gasteiger charge is -2.18. The summed E-state index contributed by atoms with van der Waals surface area (Å²) in [5, 5.41) is 13.7. The second-order valence-electron chi connectivity index (χ2n) is 9.40. The van der Waals surface area contributed by atoms with Crippen molar-refractivity contribution in [3.63, 3.8) is 0 Å². The fourth-order valence-electron chi connectivity index (χ4n) is 5.17. The van der Waals surface area contributed by atoms with Crippen LogP contribution in [0.5, 0.6) is 11.5 Å². The van der Waals surface area contributed by atoms with Gasteiger partial charge in [0.2, 0.25) is 5.69 Å². The van der Waals surface area contributed by atoms with Crippen LogP contribution in [0.15, 0.2) is 60.9 Å². The SMILES string of the molecule is [C-]#[N+]c1cnc2[nH]cc(C(=O)c3ccc(Oc4ccccc4)cc3C)c2c1N[C@@]12COC(CO)[C@@H]1C2. The highest BCUT2D eigenvalue weighted by molar-refractivity contribution is 6.20. The van der Waals surface area contributed by atoms with Crippen LogP contribution in [0.25, 0.3) is 15.9 Å². The Balaban J connectivity index is 1.36. The molecule has 0 bridgehead atoms. The van der Waals surface area contributed by atoms with Crippen molar-refractivity contribution < 1.29 is 19.4 Å². The van der Waals surface area contributed by atoms with Gasteiger partial charge in [0.25, 0.3) is 0 Å². The van der Waals surface area contributed by atoms with Gasteiger partial charge in [-0.3, -0.25) is 4.79 Å². The van der Waals surface area contributed by atoms with Gasteiger partial charge in [0, 0.05) is 29.3 Å². The van der Waals surface area contributed by atoms with E-state index in [-0.39, 0.29) is 30.0 Å². The average molecular weight is 481 g/mol. The number of ether oxygens (including phenoxy) is 2. The van der Waals surface area contributed by atoms with Crippen LogP contribution in [0.2, 0.25) is 0 Å². The molecule has 3 heterocycles. The van der Waals surface area contributed by atoms with Crippen molar-refractivity contribution in [2.75, 3.05) is 18.5 Å². The molecule has 0 amide bonds. The van der Waals surface area contributed by atoms with Crippen molar-refractivity contribution in [1.82, 2.24) is 9.97 Å². The number of H-pyrrole nitrogens is 1. The van der Waals surface area contributed by atoms with Crippen LogP contribution in [0.3, 0.4) is 0 Å². The van der Waals surface area contributed by atoms with E-state index in [2.05, 4.69) is 20.1 Å². The monoisotopic (exact) mass is 480 g/mol. The number of pyridine rings is 1. The summed E-state index contributed by atoms with van der Waals surface area (Å²) in [5.41, 5.74) is 2.87. The van der Waals surface area contributed by atoms with E-state index in [1.54, 1.807) is 18.3 Å². The molecule has 1 aliphatic heterocycles. The zero-order valence-electron chi connectivity index (χ0n) is 19.6. The molecule has 6 rings (SSSR count). The zero-order chi connectivity index (χ0) is 24.9. The second-order valence-corrected chi connectivity index (χ2v) is 9.40. The van der Waals surface area contributed by atoms with Crippen molar-refractivity contribution in [1.29, 1.82) is 0 Å². The third-order valence-corrected chi connectivity index (χ3v) is 7.16. The minimum atomic E-state index is -0.342. The van der Waals surface area contributed by atoms with Crippen LogP contribution in [0, 0.1) is 19.4 Å². The molecule has 1 saturated carbocycles. The van der Waals surface area contributed by atoms with Gasteiger partial charge in [-0.2, -0.15) is 0 Å². The Bertz CT molecular complexity index is 1520. The summed E-state index contributed by atoms with van der Waals surface area (Å²) in [6, 6.07) is 14.9. The standard InChI is InChI=1S/C28H24N4O4/c1-16-10-18(36-17-6-4-3-5-7-17)8-9-19(16)26(34)20-12-30-27-24(20)25(22(29-2)13-31-27)32-28-11-21(28)23(14-33)35-15-28/h3-10,12-13,21,23,33H,11,14-15H2,1H3,(H2,30,31,32)/t21-,23?,28-/m0/s1. The number of rotatable bonds is 7. The van der Waals surface area contributed by atoms with Crippen LogP contribution in [-0.2, 0) is 4.74 Å². The number of anilines is 1. The fourth-order valence-corrected chi connectivity index (χ4v) is 5.17. The number of hydrogen-bond acceptors (Lipinski definition) is 6. The molecule has 0 spiro atoms. The second kappa shape index (κ2) is 8.48. The number of benzene rings is 2.